The number of rotatable bonds is 8. The molecule has 1 N–H and O–H groups in total. The summed E-state index contributed by atoms with van der Waals surface area (Å²) in [5.41, 5.74) is 1.96. The van der Waals surface area contributed by atoms with Gasteiger partial charge in [-0.05, 0) is 67.7 Å². The Hall–Kier alpha value is -2.94. The molecule has 0 amide bonds. The summed E-state index contributed by atoms with van der Waals surface area (Å²) in [7, 11) is 0. The number of nitrogens with zero attached hydrogens (tertiary/aromatic N) is 3. The third-order valence-corrected chi connectivity index (χ3v) is 6.68. The van der Waals surface area contributed by atoms with Crippen LogP contribution in [0.1, 0.15) is 30.5 Å². The predicted molar refractivity (Wildman–Crippen MR) is 135 cm³/mol. The van der Waals surface area contributed by atoms with E-state index in [0.717, 1.165) is 73.0 Å². The van der Waals surface area contributed by atoms with Crippen molar-refractivity contribution in [2.24, 2.45) is 0 Å². The summed E-state index contributed by atoms with van der Waals surface area (Å²) in [6, 6.07) is 17.9. The lowest BCUT2D eigenvalue weighted by Gasteiger charge is -2.31. The van der Waals surface area contributed by atoms with E-state index in [1.54, 1.807) is 0 Å². The molecular weight excluding hydrogens is 448 g/mol. The maximum Gasteiger partial charge on any atom is 0.170 e. The Morgan fingerprint density at radius 3 is 2.62 bits per heavy atom. The van der Waals surface area contributed by atoms with Crippen LogP contribution in [0.3, 0.4) is 0 Å². The Morgan fingerprint density at radius 2 is 1.88 bits per heavy atom. The van der Waals surface area contributed by atoms with Gasteiger partial charge in [0.1, 0.15) is 23.3 Å². The molecule has 1 aromatic carbocycles. The summed E-state index contributed by atoms with van der Waals surface area (Å²) in [5, 5.41) is 4.23. The van der Waals surface area contributed by atoms with Gasteiger partial charge in [0, 0.05) is 37.9 Å². The molecule has 0 spiro atoms. The summed E-state index contributed by atoms with van der Waals surface area (Å²) < 4.78 is 17.5. The molecule has 2 aliphatic heterocycles. The summed E-state index contributed by atoms with van der Waals surface area (Å²) >= 11 is 5.79. The molecule has 0 bridgehead atoms. The van der Waals surface area contributed by atoms with Gasteiger partial charge in [-0.3, -0.25) is 9.88 Å². The number of nitrogens with one attached hydrogen (secondary N) is 1. The minimum atomic E-state index is -0.0854. The van der Waals surface area contributed by atoms with E-state index < -0.39 is 0 Å². The van der Waals surface area contributed by atoms with E-state index >= 15 is 0 Å². The Labute approximate surface area is 205 Å². The molecule has 178 valence electrons. The Kier molecular flexibility index (Phi) is 7.08. The highest BCUT2D eigenvalue weighted by Gasteiger charge is 2.41. The van der Waals surface area contributed by atoms with Gasteiger partial charge in [-0.15, -0.1) is 0 Å². The van der Waals surface area contributed by atoms with Gasteiger partial charge in [-0.25, -0.2) is 0 Å². The fourth-order valence-corrected chi connectivity index (χ4v) is 4.91. The van der Waals surface area contributed by atoms with Crippen molar-refractivity contribution in [3.63, 3.8) is 0 Å². The highest BCUT2D eigenvalue weighted by molar-refractivity contribution is 7.80. The summed E-state index contributed by atoms with van der Waals surface area (Å²) in [6.45, 7) is 7.82. The van der Waals surface area contributed by atoms with Crippen LogP contribution in [-0.4, -0.2) is 65.9 Å². The smallest absolute Gasteiger partial charge is 0.170 e. The first-order valence-corrected chi connectivity index (χ1v) is 12.2. The Morgan fingerprint density at radius 1 is 1.06 bits per heavy atom. The fourth-order valence-electron chi connectivity index (χ4n) is 4.58. The second-order valence-corrected chi connectivity index (χ2v) is 8.82. The van der Waals surface area contributed by atoms with Crippen LogP contribution in [0.4, 0.5) is 0 Å². The maximum absolute atomic E-state index is 6.43. The SMILES string of the molecule is CCOc1ccc(-c2ccc([C@@H]3[C@H](c4ccccn4)NC(=S)N3CCN3CCOCC3)o2)cc1. The number of hydrogen-bond donors (Lipinski definition) is 1. The van der Waals surface area contributed by atoms with Crippen molar-refractivity contribution in [2.45, 2.75) is 19.0 Å². The number of aromatic nitrogens is 1. The zero-order valence-electron chi connectivity index (χ0n) is 19.4. The second kappa shape index (κ2) is 10.5. The van der Waals surface area contributed by atoms with E-state index in [1.165, 1.54) is 0 Å². The average molecular weight is 479 g/mol. The summed E-state index contributed by atoms with van der Waals surface area (Å²) in [6.07, 6.45) is 1.82. The highest BCUT2D eigenvalue weighted by Crippen LogP contribution is 2.40. The minimum Gasteiger partial charge on any atom is -0.494 e. The highest BCUT2D eigenvalue weighted by atomic mass is 32.1. The van der Waals surface area contributed by atoms with Crippen molar-refractivity contribution in [2.75, 3.05) is 46.0 Å². The van der Waals surface area contributed by atoms with Gasteiger partial charge in [-0.1, -0.05) is 6.07 Å². The van der Waals surface area contributed by atoms with Gasteiger partial charge >= 0.3 is 0 Å². The number of furan rings is 1. The van der Waals surface area contributed by atoms with Crippen molar-refractivity contribution in [3.05, 3.63) is 72.2 Å². The molecule has 0 radical (unpaired) electrons. The fraction of sp³-hybridized carbons (Fsp3) is 0.385. The van der Waals surface area contributed by atoms with Gasteiger partial charge in [0.15, 0.2) is 5.11 Å². The summed E-state index contributed by atoms with van der Waals surface area (Å²) in [4.78, 5) is 9.28. The predicted octanol–water partition coefficient (Wildman–Crippen LogP) is 4.05. The lowest BCUT2D eigenvalue weighted by atomic mass is 10.0. The summed E-state index contributed by atoms with van der Waals surface area (Å²) in [5.74, 6) is 2.55. The van der Waals surface area contributed by atoms with Crippen LogP contribution in [0.25, 0.3) is 11.3 Å². The van der Waals surface area contributed by atoms with Gasteiger partial charge in [0.25, 0.3) is 0 Å². The molecule has 3 aromatic rings. The minimum absolute atomic E-state index is 0.0834. The molecule has 2 aliphatic rings. The number of thiocarbonyl (C=S) groups is 1. The Balaban J connectivity index is 1.41. The van der Waals surface area contributed by atoms with Gasteiger partial charge in [0.05, 0.1) is 31.6 Å². The molecule has 8 heteroatoms. The van der Waals surface area contributed by atoms with Crippen LogP contribution >= 0.6 is 12.2 Å². The van der Waals surface area contributed by atoms with Crippen molar-refractivity contribution in [3.8, 4) is 17.1 Å². The molecule has 34 heavy (non-hydrogen) atoms. The topological polar surface area (TPSA) is 63.0 Å². The monoisotopic (exact) mass is 478 g/mol. The molecule has 0 aliphatic carbocycles. The lowest BCUT2D eigenvalue weighted by molar-refractivity contribution is 0.0347. The van der Waals surface area contributed by atoms with E-state index in [-0.39, 0.29) is 12.1 Å². The van der Waals surface area contributed by atoms with Crippen LogP contribution in [0.15, 0.2) is 65.2 Å². The van der Waals surface area contributed by atoms with Crippen molar-refractivity contribution in [1.82, 2.24) is 20.1 Å². The lowest BCUT2D eigenvalue weighted by Crippen LogP contribution is -2.42. The number of ether oxygens (including phenoxy) is 2. The van der Waals surface area contributed by atoms with Crippen LogP contribution < -0.4 is 10.1 Å². The normalized spacial score (nSPS) is 21.0. The van der Waals surface area contributed by atoms with E-state index in [0.29, 0.717) is 6.61 Å². The van der Waals surface area contributed by atoms with Crippen LogP contribution in [0.2, 0.25) is 0 Å². The van der Waals surface area contributed by atoms with Gasteiger partial charge in [-0.2, -0.15) is 0 Å². The largest absolute Gasteiger partial charge is 0.494 e. The van der Waals surface area contributed by atoms with Crippen LogP contribution in [0.5, 0.6) is 5.75 Å². The third kappa shape index (κ3) is 4.94. The van der Waals surface area contributed by atoms with E-state index in [1.807, 2.05) is 61.7 Å². The molecule has 7 nitrogen and oxygen atoms in total. The number of hydrogen-bond acceptors (Lipinski definition) is 6. The first-order valence-electron chi connectivity index (χ1n) is 11.8. The standard InChI is InChI=1S/C26H30N4O3S/c1-2-32-20-8-6-19(7-9-20)22-10-11-23(33-22)25-24(21-5-3-4-12-27-21)28-26(34)30(25)14-13-29-15-17-31-18-16-29/h3-12,24-25H,2,13-18H2,1H3,(H,28,34)/t24-,25+/m0/s1. The first kappa shape index (κ1) is 22.8. The number of benzene rings is 1. The van der Waals surface area contributed by atoms with E-state index in [2.05, 4.69) is 26.2 Å². The average Bonchev–Trinajstić information content (AvgIpc) is 3.49. The van der Waals surface area contributed by atoms with Crippen LogP contribution in [0, 0.1) is 0 Å². The van der Waals surface area contributed by atoms with Crippen molar-refractivity contribution in [1.29, 1.82) is 0 Å². The second-order valence-electron chi connectivity index (χ2n) is 8.43. The first-order chi connectivity index (χ1) is 16.7. The molecule has 2 saturated heterocycles. The molecule has 2 aromatic heterocycles. The maximum atomic E-state index is 6.43. The molecule has 5 rings (SSSR count). The van der Waals surface area contributed by atoms with Gasteiger partial charge in [0.2, 0.25) is 0 Å². The van der Waals surface area contributed by atoms with Gasteiger partial charge < -0.3 is 24.1 Å². The molecule has 0 unspecified atom stereocenters. The quantitative estimate of drug-likeness (QED) is 0.487. The molecule has 4 heterocycles. The molecule has 0 saturated carbocycles. The molecular formula is C26H30N4O3S. The van der Waals surface area contributed by atoms with E-state index in [9.17, 15) is 0 Å². The number of morpholine rings is 1. The van der Waals surface area contributed by atoms with E-state index in [4.69, 9.17) is 26.1 Å². The third-order valence-electron chi connectivity index (χ3n) is 6.33. The zero-order chi connectivity index (χ0) is 23.3. The van der Waals surface area contributed by atoms with Crippen LogP contribution in [-0.2, 0) is 4.74 Å². The van der Waals surface area contributed by atoms with Crippen molar-refractivity contribution >= 4 is 17.3 Å². The molecule has 2 atom stereocenters. The van der Waals surface area contributed by atoms with Crippen molar-refractivity contribution < 1.29 is 13.9 Å². The zero-order valence-corrected chi connectivity index (χ0v) is 20.2. The molecule has 2 fully saturated rings. The number of pyridine rings is 1. The Bertz CT molecular complexity index is 1080.